The Morgan fingerprint density at radius 2 is 1.65 bits per heavy atom. The van der Waals surface area contributed by atoms with Crippen LogP contribution in [0.15, 0.2) is 51.9 Å². The average Bonchev–Trinajstić information content (AvgIpc) is 3.31. The molecule has 0 bridgehead atoms. The Balaban J connectivity index is 1.84. The third-order valence-electron chi connectivity index (χ3n) is 6.20. The highest BCUT2D eigenvalue weighted by Gasteiger charge is 2.31. The summed E-state index contributed by atoms with van der Waals surface area (Å²) in [7, 11) is 2.57. The van der Waals surface area contributed by atoms with Crippen LogP contribution in [-0.4, -0.2) is 57.2 Å². The second kappa shape index (κ2) is 14.6. The summed E-state index contributed by atoms with van der Waals surface area (Å²) < 4.78 is 35.2. The van der Waals surface area contributed by atoms with Crippen LogP contribution in [0.2, 0.25) is 0 Å². The number of halogens is 1. The first-order valence-corrected chi connectivity index (χ1v) is 15.3. The van der Waals surface area contributed by atoms with E-state index in [-0.39, 0.29) is 17.7 Å². The molecule has 1 aromatic heterocycles. The zero-order valence-electron chi connectivity index (χ0n) is 24.3. The molecule has 13 heteroatoms. The van der Waals surface area contributed by atoms with Gasteiger partial charge in [-0.1, -0.05) is 17.4 Å². The topological polar surface area (TPSA) is 124 Å². The van der Waals surface area contributed by atoms with Crippen molar-refractivity contribution in [3.05, 3.63) is 76.5 Å². The summed E-state index contributed by atoms with van der Waals surface area (Å²) >= 11 is 3.27. The maximum atomic E-state index is 13.9. The minimum Gasteiger partial charge on any atom is -0.490 e. The standard InChI is InChI=1S/C30H31IN2O9S/c1-6-39-21-10-9-18(14-22(21)40-7-2)26-19(29(36)38-5)15-32-30-33(26)28(35)24(43-30)13-17-11-20(31)27(23(12-17)41-8-3)42-16-25(34)37-4/h9-15,26H,6-8,16H2,1-5H3/b24-13-/t26-/m0/s1. The first-order valence-electron chi connectivity index (χ1n) is 13.4. The Labute approximate surface area is 265 Å². The van der Waals surface area contributed by atoms with E-state index in [1.807, 2.05) is 26.8 Å². The number of hydrogen-bond acceptors (Lipinski definition) is 11. The van der Waals surface area contributed by atoms with Crippen LogP contribution in [0.5, 0.6) is 23.0 Å². The van der Waals surface area contributed by atoms with Crippen molar-refractivity contribution in [2.24, 2.45) is 4.99 Å². The second-order valence-electron chi connectivity index (χ2n) is 8.88. The number of hydrogen-bond donors (Lipinski definition) is 0. The van der Waals surface area contributed by atoms with Gasteiger partial charge >= 0.3 is 11.9 Å². The van der Waals surface area contributed by atoms with Crippen molar-refractivity contribution in [3.8, 4) is 23.0 Å². The van der Waals surface area contributed by atoms with E-state index in [1.54, 1.807) is 30.3 Å². The molecule has 2 heterocycles. The molecule has 0 unspecified atom stereocenters. The van der Waals surface area contributed by atoms with Crippen LogP contribution in [0, 0.1) is 3.57 Å². The Hall–Kier alpha value is -3.85. The fraction of sp³-hybridized carbons (Fsp3) is 0.333. The van der Waals surface area contributed by atoms with Gasteiger partial charge in [-0.15, -0.1) is 0 Å². The molecule has 0 amide bonds. The van der Waals surface area contributed by atoms with E-state index in [4.69, 9.17) is 23.7 Å². The van der Waals surface area contributed by atoms with E-state index in [2.05, 4.69) is 32.3 Å². The predicted molar refractivity (Wildman–Crippen MR) is 168 cm³/mol. The number of thiazole rings is 1. The van der Waals surface area contributed by atoms with Gasteiger partial charge in [0.25, 0.3) is 5.56 Å². The third-order valence-corrected chi connectivity index (χ3v) is 8.00. The molecule has 0 saturated heterocycles. The van der Waals surface area contributed by atoms with Gasteiger partial charge in [0.15, 0.2) is 34.4 Å². The molecule has 43 heavy (non-hydrogen) atoms. The molecule has 0 radical (unpaired) electrons. The summed E-state index contributed by atoms with van der Waals surface area (Å²) in [5, 5.41) is 0. The molecule has 228 valence electrons. The van der Waals surface area contributed by atoms with Gasteiger partial charge in [0.1, 0.15) is 0 Å². The summed E-state index contributed by atoms with van der Waals surface area (Å²) in [6, 6.07) is 8.05. The Morgan fingerprint density at radius 1 is 0.953 bits per heavy atom. The number of benzene rings is 2. The van der Waals surface area contributed by atoms with Gasteiger partial charge in [0, 0.05) is 6.20 Å². The van der Waals surface area contributed by atoms with E-state index >= 15 is 0 Å². The van der Waals surface area contributed by atoms with Crippen molar-refractivity contribution in [2.45, 2.75) is 26.8 Å². The monoisotopic (exact) mass is 722 g/mol. The molecule has 4 rings (SSSR count). The van der Waals surface area contributed by atoms with E-state index in [1.165, 1.54) is 36.3 Å². The van der Waals surface area contributed by atoms with Gasteiger partial charge in [-0.25, -0.2) is 14.6 Å². The molecule has 1 aliphatic heterocycles. The maximum Gasteiger partial charge on any atom is 0.343 e. The lowest BCUT2D eigenvalue weighted by molar-refractivity contribution is -0.143. The fourth-order valence-electron chi connectivity index (χ4n) is 4.40. The Morgan fingerprint density at radius 3 is 2.33 bits per heavy atom. The molecule has 11 nitrogen and oxygen atoms in total. The van der Waals surface area contributed by atoms with Crippen LogP contribution in [0.25, 0.3) is 6.08 Å². The van der Waals surface area contributed by atoms with E-state index < -0.39 is 18.0 Å². The van der Waals surface area contributed by atoms with Crippen LogP contribution in [0.4, 0.5) is 0 Å². The molecule has 0 fully saturated rings. The lowest BCUT2D eigenvalue weighted by Gasteiger charge is -2.23. The molecule has 1 atom stereocenters. The van der Waals surface area contributed by atoms with Crippen molar-refractivity contribution >= 4 is 51.9 Å². The first kappa shape index (κ1) is 32.1. The van der Waals surface area contributed by atoms with Gasteiger partial charge in [-0.05, 0) is 84.8 Å². The molecule has 0 spiro atoms. The van der Waals surface area contributed by atoms with Crippen molar-refractivity contribution in [1.82, 2.24) is 4.57 Å². The highest BCUT2D eigenvalue weighted by molar-refractivity contribution is 14.1. The Bertz CT molecular complexity index is 1730. The van der Waals surface area contributed by atoms with Gasteiger partial charge in [0.2, 0.25) is 0 Å². The Kier molecular flexibility index (Phi) is 10.9. The molecular weight excluding hydrogens is 691 g/mol. The van der Waals surface area contributed by atoms with Gasteiger partial charge in [-0.3, -0.25) is 9.36 Å². The maximum absolute atomic E-state index is 13.9. The lowest BCUT2D eigenvalue weighted by Crippen LogP contribution is -2.39. The molecule has 2 aromatic carbocycles. The number of carbonyl (C=O) groups excluding carboxylic acids is 2. The molecule has 0 aliphatic carbocycles. The summed E-state index contributed by atoms with van der Waals surface area (Å²) in [6.45, 7) is 6.51. The predicted octanol–water partition coefficient (Wildman–Crippen LogP) is 3.37. The smallest absolute Gasteiger partial charge is 0.343 e. The van der Waals surface area contributed by atoms with Gasteiger partial charge in [-0.2, -0.15) is 0 Å². The van der Waals surface area contributed by atoms with Crippen molar-refractivity contribution < 1.29 is 38.0 Å². The summed E-state index contributed by atoms with van der Waals surface area (Å²) in [5.41, 5.74) is 1.17. The molecule has 0 N–H and O–H groups in total. The van der Waals surface area contributed by atoms with Crippen molar-refractivity contribution in [2.75, 3.05) is 40.6 Å². The van der Waals surface area contributed by atoms with E-state index in [9.17, 15) is 14.4 Å². The quantitative estimate of drug-likeness (QED) is 0.205. The van der Waals surface area contributed by atoms with Crippen LogP contribution in [0.3, 0.4) is 0 Å². The number of methoxy groups -OCH3 is 2. The number of fused-ring (bicyclic) bond motifs is 1. The van der Waals surface area contributed by atoms with Crippen LogP contribution in [-0.2, 0) is 19.1 Å². The van der Waals surface area contributed by atoms with E-state index in [0.717, 1.165) is 0 Å². The van der Waals surface area contributed by atoms with E-state index in [0.29, 0.717) is 66.8 Å². The molecule has 0 saturated carbocycles. The zero-order valence-corrected chi connectivity index (χ0v) is 27.3. The zero-order chi connectivity index (χ0) is 31.1. The molecule has 3 aromatic rings. The van der Waals surface area contributed by atoms with Gasteiger partial charge < -0.3 is 28.4 Å². The number of ether oxygens (including phenoxy) is 6. The number of rotatable bonds is 12. The first-order chi connectivity index (χ1) is 20.8. The normalized spacial score (nSPS) is 14.2. The van der Waals surface area contributed by atoms with Crippen LogP contribution >= 0.6 is 33.9 Å². The third kappa shape index (κ3) is 7.04. The highest BCUT2D eigenvalue weighted by Crippen LogP contribution is 2.36. The van der Waals surface area contributed by atoms with Crippen molar-refractivity contribution in [3.63, 3.8) is 0 Å². The van der Waals surface area contributed by atoms with Gasteiger partial charge in [0.05, 0.1) is 53.8 Å². The summed E-state index contributed by atoms with van der Waals surface area (Å²) in [6.07, 6.45) is 3.16. The highest BCUT2D eigenvalue weighted by atomic mass is 127. The number of aromatic nitrogens is 1. The summed E-state index contributed by atoms with van der Waals surface area (Å²) in [4.78, 5) is 43.3. The second-order valence-corrected chi connectivity index (χ2v) is 11.0. The average molecular weight is 723 g/mol. The number of nitrogens with zero attached hydrogens (tertiary/aromatic N) is 2. The largest absolute Gasteiger partial charge is 0.490 e. The number of esters is 2. The number of carbonyl (C=O) groups is 2. The van der Waals surface area contributed by atoms with Crippen molar-refractivity contribution in [1.29, 1.82) is 0 Å². The van der Waals surface area contributed by atoms with Crippen LogP contribution < -0.4 is 33.8 Å². The minimum atomic E-state index is -0.811. The minimum absolute atomic E-state index is 0.202. The summed E-state index contributed by atoms with van der Waals surface area (Å²) in [5.74, 6) is 0.745. The molecular formula is C30H31IN2O9S. The SMILES string of the molecule is CCOc1ccc([C@H]2C(C(=O)OC)=CN=c3s/c(=C\c4cc(I)c(OCC(=O)OC)c(OCC)c4)c(=O)n32)cc1OCC. The van der Waals surface area contributed by atoms with Crippen LogP contribution in [0.1, 0.15) is 37.9 Å². The fourth-order valence-corrected chi connectivity index (χ4v) is 6.15. The lowest BCUT2D eigenvalue weighted by atomic mass is 9.97. The molecule has 1 aliphatic rings.